The molecule has 2 aromatic carbocycles. The van der Waals surface area contributed by atoms with E-state index < -0.39 is 0 Å². The topological polar surface area (TPSA) is 12.0 Å². The van der Waals surface area contributed by atoms with Crippen molar-refractivity contribution in [3.63, 3.8) is 0 Å². The molecule has 0 saturated heterocycles. The molecule has 0 aliphatic rings. The van der Waals surface area contributed by atoms with Crippen LogP contribution in [-0.4, -0.2) is 6.54 Å². The molecule has 4 heteroatoms. The standard InChI is InChI=1S/C16H16Br2ClN/c1-2-20-15(10-11-6-3-4-8-13(11)17)12-7-5-9-14(18)16(12)19/h3-9,15,20H,2,10H2,1H3. The first kappa shape index (κ1) is 16.0. The van der Waals surface area contributed by atoms with Gasteiger partial charge in [-0.25, -0.2) is 0 Å². The van der Waals surface area contributed by atoms with Crippen molar-refractivity contribution in [3.8, 4) is 0 Å². The second-order valence-corrected chi connectivity index (χ2v) is 6.64. The second kappa shape index (κ2) is 7.60. The van der Waals surface area contributed by atoms with Crippen LogP contribution >= 0.6 is 43.5 Å². The van der Waals surface area contributed by atoms with E-state index in [2.05, 4.69) is 68.4 Å². The van der Waals surface area contributed by atoms with Crippen LogP contribution in [0.1, 0.15) is 24.1 Å². The molecule has 1 nitrogen and oxygen atoms in total. The van der Waals surface area contributed by atoms with E-state index in [0.717, 1.165) is 32.5 Å². The highest BCUT2D eigenvalue weighted by Gasteiger charge is 2.16. The van der Waals surface area contributed by atoms with Gasteiger partial charge < -0.3 is 5.32 Å². The Bertz CT molecular complexity index is 586. The molecule has 1 N–H and O–H groups in total. The SMILES string of the molecule is CCNC(Cc1ccccc1Br)c1cccc(Br)c1Cl. The fourth-order valence-corrected chi connectivity index (χ4v) is 3.30. The lowest BCUT2D eigenvalue weighted by Crippen LogP contribution is -2.23. The van der Waals surface area contributed by atoms with Crippen molar-refractivity contribution in [2.45, 2.75) is 19.4 Å². The van der Waals surface area contributed by atoms with Crippen molar-refractivity contribution >= 4 is 43.5 Å². The first-order valence-electron chi connectivity index (χ1n) is 6.54. The van der Waals surface area contributed by atoms with Gasteiger partial charge in [0.15, 0.2) is 0 Å². The molecule has 0 spiro atoms. The summed E-state index contributed by atoms with van der Waals surface area (Å²) in [5.41, 5.74) is 2.40. The third kappa shape index (κ3) is 3.85. The monoisotopic (exact) mass is 415 g/mol. The number of hydrogen-bond acceptors (Lipinski definition) is 1. The molecular weight excluding hydrogens is 401 g/mol. The Kier molecular flexibility index (Phi) is 6.09. The molecule has 0 aromatic heterocycles. The van der Waals surface area contributed by atoms with Gasteiger partial charge in [-0.1, -0.05) is 64.8 Å². The quantitative estimate of drug-likeness (QED) is 0.652. The second-order valence-electron chi connectivity index (χ2n) is 4.55. The van der Waals surface area contributed by atoms with Gasteiger partial charge in [0.2, 0.25) is 0 Å². The summed E-state index contributed by atoms with van der Waals surface area (Å²) in [4.78, 5) is 0. The average molecular weight is 418 g/mol. The predicted molar refractivity (Wildman–Crippen MR) is 93.4 cm³/mol. The van der Waals surface area contributed by atoms with E-state index >= 15 is 0 Å². The summed E-state index contributed by atoms with van der Waals surface area (Å²) < 4.78 is 2.07. The summed E-state index contributed by atoms with van der Waals surface area (Å²) in [5.74, 6) is 0. The van der Waals surface area contributed by atoms with Gasteiger partial charge in [-0.3, -0.25) is 0 Å². The molecule has 0 heterocycles. The van der Waals surface area contributed by atoms with E-state index in [4.69, 9.17) is 11.6 Å². The van der Waals surface area contributed by atoms with E-state index in [1.165, 1.54) is 5.56 Å². The Labute approximate surface area is 142 Å². The van der Waals surface area contributed by atoms with Gasteiger partial charge in [0.25, 0.3) is 0 Å². The normalized spacial score (nSPS) is 12.4. The summed E-state index contributed by atoms with van der Waals surface area (Å²) >= 11 is 13.5. The minimum atomic E-state index is 0.198. The molecule has 2 aromatic rings. The fourth-order valence-electron chi connectivity index (χ4n) is 2.21. The van der Waals surface area contributed by atoms with Gasteiger partial charge in [0.05, 0.1) is 5.02 Å². The zero-order valence-electron chi connectivity index (χ0n) is 11.2. The number of likely N-dealkylation sites (N-methyl/N-ethyl adjacent to an activating group) is 1. The molecule has 106 valence electrons. The highest BCUT2D eigenvalue weighted by atomic mass is 79.9. The maximum absolute atomic E-state index is 6.43. The first-order chi connectivity index (χ1) is 9.63. The van der Waals surface area contributed by atoms with Crippen molar-refractivity contribution in [3.05, 3.63) is 67.6 Å². The van der Waals surface area contributed by atoms with Crippen LogP contribution in [0.5, 0.6) is 0 Å². The lowest BCUT2D eigenvalue weighted by molar-refractivity contribution is 0.549. The van der Waals surface area contributed by atoms with Gasteiger partial charge in [-0.05, 0) is 52.2 Å². The summed E-state index contributed by atoms with van der Waals surface area (Å²) in [6.45, 7) is 3.01. The zero-order chi connectivity index (χ0) is 14.5. The van der Waals surface area contributed by atoms with Gasteiger partial charge in [0, 0.05) is 15.0 Å². The summed E-state index contributed by atoms with van der Waals surface area (Å²) in [6, 6.07) is 14.6. The Morgan fingerprint density at radius 2 is 1.75 bits per heavy atom. The van der Waals surface area contributed by atoms with Crippen molar-refractivity contribution in [1.29, 1.82) is 0 Å². The summed E-state index contributed by atoms with van der Waals surface area (Å²) in [7, 11) is 0. The van der Waals surface area contributed by atoms with E-state index in [-0.39, 0.29) is 6.04 Å². The van der Waals surface area contributed by atoms with Crippen LogP contribution in [-0.2, 0) is 6.42 Å². The van der Waals surface area contributed by atoms with Crippen LogP contribution in [0.3, 0.4) is 0 Å². The molecule has 20 heavy (non-hydrogen) atoms. The van der Waals surface area contributed by atoms with E-state index in [0.29, 0.717) is 0 Å². The van der Waals surface area contributed by atoms with Crippen LogP contribution in [0.2, 0.25) is 5.02 Å². The van der Waals surface area contributed by atoms with Crippen molar-refractivity contribution in [2.24, 2.45) is 0 Å². The molecule has 0 radical (unpaired) electrons. The number of nitrogens with one attached hydrogen (secondary N) is 1. The largest absolute Gasteiger partial charge is 0.310 e. The molecule has 1 atom stereocenters. The first-order valence-corrected chi connectivity index (χ1v) is 8.50. The Hall–Kier alpha value is -0.350. The van der Waals surface area contributed by atoms with Gasteiger partial charge in [-0.15, -0.1) is 0 Å². The molecule has 0 amide bonds. The number of hydrogen-bond donors (Lipinski definition) is 1. The van der Waals surface area contributed by atoms with Crippen LogP contribution in [0, 0.1) is 0 Å². The third-order valence-corrected chi connectivity index (χ3v) is 5.27. The third-order valence-electron chi connectivity index (χ3n) is 3.19. The predicted octanol–water partition coefficient (Wildman–Crippen LogP) is 5.76. The van der Waals surface area contributed by atoms with Crippen molar-refractivity contribution in [1.82, 2.24) is 5.32 Å². The number of halogens is 3. The van der Waals surface area contributed by atoms with Crippen LogP contribution in [0.25, 0.3) is 0 Å². The van der Waals surface area contributed by atoms with Crippen molar-refractivity contribution in [2.75, 3.05) is 6.54 Å². The van der Waals surface area contributed by atoms with E-state index in [1.54, 1.807) is 0 Å². The van der Waals surface area contributed by atoms with Crippen LogP contribution in [0.4, 0.5) is 0 Å². The Morgan fingerprint density at radius 1 is 1.05 bits per heavy atom. The Morgan fingerprint density at radius 3 is 2.45 bits per heavy atom. The van der Waals surface area contributed by atoms with Gasteiger partial charge in [0.1, 0.15) is 0 Å². The van der Waals surface area contributed by atoms with E-state index in [9.17, 15) is 0 Å². The average Bonchev–Trinajstić information content (AvgIpc) is 2.44. The zero-order valence-corrected chi connectivity index (χ0v) is 15.1. The Balaban J connectivity index is 2.32. The van der Waals surface area contributed by atoms with Gasteiger partial charge in [-0.2, -0.15) is 0 Å². The summed E-state index contributed by atoms with van der Waals surface area (Å²) in [6.07, 6.45) is 0.894. The summed E-state index contributed by atoms with van der Waals surface area (Å²) in [5, 5.41) is 4.30. The molecule has 0 aliphatic carbocycles. The van der Waals surface area contributed by atoms with Crippen molar-refractivity contribution < 1.29 is 0 Å². The number of benzene rings is 2. The minimum absolute atomic E-state index is 0.198. The lowest BCUT2D eigenvalue weighted by atomic mass is 9.99. The minimum Gasteiger partial charge on any atom is -0.310 e. The lowest BCUT2D eigenvalue weighted by Gasteiger charge is -2.21. The molecular formula is C16H16Br2ClN. The molecule has 0 bridgehead atoms. The van der Waals surface area contributed by atoms with E-state index in [1.807, 2.05) is 18.2 Å². The highest BCUT2D eigenvalue weighted by Crippen LogP contribution is 2.32. The maximum Gasteiger partial charge on any atom is 0.0595 e. The van der Waals surface area contributed by atoms with Gasteiger partial charge >= 0.3 is 0 Å². The maximum atomic E-state index is 6.43. The molecule has 0 saturated carbocycles. The molecule has 1 unspecified atom stereocenters. The smallest absolute Gasteiger partial charge is 0.0595 e. The van der Waals surface area contributed by atoms with Crippen LogP contribution < -0.4 is 5.32 Å². The molecule has 0 aliphatic heterocycles. The fraction of sp³-hybridized carbons (Fsp3) is 0.250. The van der Waals surface area contributed by atoms with Crippen LogP contribution in [0.15, 0.2) is 51.4 Å². The number of rotatable bonds is 5. The molecule has 2 rings (SSSR count). The highest BCUT2D eigenvalue weighted by molar-refractivity contribution is 9.10. The molecule has 0 fully saturated rings.